The summed E-state index contributed by atoms with van der Waals surface area (Å²) in [6.45, 7) is 17.2. The van der Waals surface area contributed by atoms with Gasteiger partial charge in [0.25, 0.3) is 0 Å². The van der Waals surface area contributed by atoms with Gasteiger partial charge in [0.2, 0.25) is 0 Å². The molecule has 0 heterocycles. The van der Waals surface area contributed by atoms with E-state index in [1.54, 1.807) is 0 Å². The van der Waals surface area contributed by atoms with Gasteiger partial charge in [-0.3, -0.25) is 0 Å². The van der Waals surface area contributed by atoms with E-state index >= 15 is 0 Å². The Kier molecular flexibility index (Phi) is 6.28. The predicted octanol–water partition coefficient (Wildman–Crippen LogP) is 5.14. The van der Waals surface area contributed by atoms with Gasteiger partial charge in [0.05, 0.1) is 0 Å². The smallest absolute Gasteiger partial charge is 0.191 e. The van der Waals surface area contributed by atoms with Crippen molar-refractivity contribution in [1.82, 2.24) is 0 Å². The predicted molar refractivity (Wildman–Crippen MR) is 94.1 cm³/mol. The van der Waals surface area contributed by atoms with Crippen LogP contribution in [0.3, 0.4) is 0 Å². The van der Waals surface area contributed by atoms with Crippen LogP contribution in [0.2, 0.25) is 18.1 Å². The lowest BCUT2D eigenvalue weighted by molar-refractivity contribution is 0.215. The third kappa shape index (κ3) is 5.54. The van der Waals surface area contributed by atoms with E-state index in [0.29, 0.717) is 11.3 Å². The van der Waals surface area contributed by atoms with Gasteiger partial charge >= 0.3 is 0 Å². The fourth-order valence-corrected chi connectivity index (χ4v) is 3.77. The maximum atomic E-state index is 9.67. The molecule has 0 saturated heterocycles. The van der Waals surface area contributed by atoms with Crippen molar-refractivity contribution in [3.8, 4) is 0 Å². The number of rotatable bonds is 7. The molecule has 1 aliphatic rings. The lowest BCUT2D eigenvalue weighted by Crippen LogP contribution is -2.41. The highest BCUT2D eigenvalue weighted by atomic mass is 28.4. The first kappa shape index (κ1) is 18.9. The van der Waals surface area contributed by atoms with Crippen LogP contribution >= 0.6 is 0 Å². The first-order valence-electron chi connectivity index (χ1n) is 8.42. The van der Waals surface area contributed by atoms with Crippen LogP contribution in [0.25, 0.3) is 0 Å². The second-order valence-electron chi connectivity index (χ2n) is 8.95. The summed E-state index contributed by atoms with van der Waals surface area (Å²) < 4.78 is 6.23. The maximum Gasteiger partial charge on any atom is 0.191 e. The van der Waals surface area contributed by atoms with Crippen molar-refractivity contribution in [3.05, 3.63) is 11.6 Å². The highest BCUT2D eigenvalue weighted by Crippen LogP contribution is 2.40. The van der Waals surface area contributed by atoms with E-state index < -0.39 is 8.32 Å². The second kappa shape index (κ2) is 6.97. The number of allylic oxidation sites excluding steroid dienone is 1. The zero-order valence-corrected chi connectivity index (χ0v) is 16.3. The Morgan fingerprint density at radius 1 is 1.33 bits per heavy atom. The molecule has 1 N–H and O–H groups in total. The molecule has 0 fully saturated rings. The van der Waals surface area contributed by atoms with Crippen LogP contribution in [0.15, 0.2) is 11.6 Å². The molecular weight excluding hydrogens is 276 g/mol. The molecule has 0 aromatic carbocycles. The molecule has 1 atom stereocenters. The van der Waals surface area contributed by atoms with Crippen LogP contribution in [0.5, 0.6) is 0 Å². The lowest BCUT2D eigenvalue weighted by atomic mass is 9.85. The van der Waals surface area contributed by atoms with Crippen LogP contribution in [-0.2, 0) is 4.43 Å². The number of hydrogen-bond donors (Lipinski definition) is 1. The molecule has 1 unspecified atom stereocenters. The van der Waals surface area contributed by atoms with Crippen molar-refractivity contribution in [3.63, 3.8) is 0 Å². The summed E-state index contributed by atoms with van der Waals surface area (Å²) in [5, 5.41) is 9.95. The minimum absolute atomic E-state index is 0.279. The summed E-state index contributed by atoms with van der Waals surface area (Å²) in [4.78, 5) is 0. The highest BCUT2D eigenvalue weighted by Gasteiger charge is 2.37. The van der Waals surface area contributed by atoms with E-state index in [9.17, 15) is 5.11 Å². The van der Waals surface area contributed by atoms with E-state index in [0.717, 1.165) is 32.3 Å². The molecule has 0 aromatic heterocycles. The SMILES string of the molecule is CC1(C)CC=C(C(CO)CCCO[Si](C)(C)C(C)(C)C)C1. The summed E-state index contributed by atoms with van der Waals surface area (Å²) >= 11 is 0. The Labute approximate surface area is 133 Å². The zero-order valence-electron chi connectivity index (χ0n) is 15.3. The van der Waals surface area contributed by atoms with Gasteiger partial charge in [0.1, 0.15) is 0 Å². The third-order valence-corrected chi connectivity index (χ3v) is 9.85. The first-order valence-corrected chi connectivity index (χ1v) is 11.3. The molecule has 0 spiro atoms. The fraction of sp³-hybridized carbons (Fsp3) is 0.889. The van der Waals surface area contributed by atoms with E-state index in [4.69, 9.17) is 4.43 Å². The van der Waals surface area contributed by atoms with Gasteiger partial charge in [0, 0.05) is 19.1 Å². The summed E-state index contributed by atoms with van der Waals surface area (Å²) in [5.74, 6) is 0.342. The van der Waals surface area contributed by atoms with E-state index in [-0.39, 0.29) is 11.6 Å². The topological polar surface area (TPSA) is 29.5 Å². The molecule has 0 radical (unpaired) electrons. The van der Waals surface area contributed by atoms with Crippen molar-refractivity contribution in [2.24, 2.45) is 11.3 Å². The molecule has 21 heavy (non-hydrogen) atoms. The minimum atomic E-state index is -1.62. The van der Waals surface area contributed by atoms with Gasteiger partial charge in [-0.1, -0.05) is 46.3 Å². The van der Waals surface area contributed by atoms with Crippen LogP contribution in [-0.4, -0.2) is 26.6 Å². The van der Waals surface area contributed by atoms with Crippen LogP contribution in [0.4, 0.5) is 0 Å². The van der Waals surface area contributed by atoms with Crippen LogP contribution in [0, 0.1) is 11.3 Å². The summed E-state index contributed by atoms with van der Waals surface area (Å²) in [6.07, 6.45) is 6.75. The van der Waals surface area contributed by atoms with Crippen LogP contribution in [0.1, 0.15) is 60.3 Å². The fourth-order valence-electron chi connectivity index (χ4n) is 2.68. The van der Waals surface area contributed by atoms with E-state index in [2.05, 4.69) is 53.8 Å². The first-order chi connectivity index (χ1) is 9.48. The molecule has 0 bridgehead atoms. The largest absolute Gasteiger partial charge is 0.417 e. The zero-order chi connectivity index (χ0) is 16.3. The lowest BCUT2D eigenvalue weighted by Gasteiger charge is -2.36. The Balaban J connectivity index is 2.38. The van der Waals surface area contributed by atoms with Gasteiger partial charge in [-0.05, 0) is 49.2 Å². The summed E-state index contributed by atoms with van der Waals surface area (Å²) in [6, 6.07) is 0. The number of hydrogen-bond acceptors (Lipinski definition) is 2. The molecule has 3 heteroatoms. The Morgan fingerprint density at radius 3 is 2.38 bits per heavy atom. The van der Waals surface area contributed by atoms with Gasteiger partial charge in [0.15, 0.2) is 8.32 Å². The molecule has 0 aromatic rings. The average Bonchev–Trinajstić information content (AvgIpc) is 2.68. The Hall–Kier alpha value is -0.123. The third-order valence-electron chi connectivity index (χ3n) is 5.31. The van der Waals surface area contributed by atoms with Crippen molar-refractivity contribution >= 4 is 8.32 Å². The molecular formula is C18H36O2Si. The van der Waals surface area contributed by atoms with Gasteiger partial charge in [-0.2, -0.15) is 0 Å². The standard InChI is InChI=1S/C18H36O2Si/c1-17(2,3)21(6,7)20-12-8-9-16(14-19)15-10-11-18(4,5)13-15/h10,16,19H,8-9,11-14H2,1-7H3. The molecule has 0 saturated carbocycles. The van der Waals surface area contributed by atoms with Gasteiger partial charge in [-0.15, -0.1) is 0 Å². The quantitative estimate of drug-likeness (QED) is 0.400. The molecule has 124 valence electrons. The van der Waals surface area contributed by atoms with Crippen molar-refractivity contribution < 1.29 is 9.53 Å². The monoisotopic (exact) mass is 312 g/mol. The van der Waals surface area contributed by atoms with Crippen molar-refractivity contribution in [2.45, 2.75) is 78.4 Å². The summed E-state index contributed by atoms with van der Waals surface area (Å²) in [5.41, 5.74) is 1.86. The van der Waals surface area contributed by atoms with Crippen molar-refractivity contribution in [1.29, 1.82) is 0 Å². The van der Waals surface area contributed by atoms with E-state index in [1.807, 2.05) is 0 Å². The van der Waals surface area contributed by atoms with Crippen LogP contribution < -0.4 is 0 Å². The Morgan fingerprint density at radius 2 is 1.95 bits per heavy atom. The molecule has 1 aliphatic carbocycles. The highest BCUT2D eigenvalue weighted by molar-refractivity contribution is 6.74. The van der Waals surface area contributed by atoms with Gasteiger partial charge in [-0.25, -0.2) is 0 Å². The molecule has 2 nitrogen and oxygen atoms in total. The number of aliphatic hydroxyl groups is 1. The average molecular weight is 313 g/mol. The minimum Gasteiger partial charge on any atom is -0.417 e. The van der Waals surface area contributed by atoms with E-state index in [1.165, 1.54) is 5.57 Å². The number of aliphatic hydroxyl groups excluding tert-OH is 1. The normalized spacial score (nSPS) is 20.5. The second-order valence-corrected chi connectivity index (χ2v) is 13.8. The maximum absolute atomic E-state index is 9.67. The van der Waals surface area contributed by atoms with Gasteiger partial charge < -0.3 is 9.53 Å². The van der Waals surface area contributed by atoms with Crippen molar-refractivity contribution in [2.75, 3.05) is 13.2 Å². The Bertz CT molecular complexity index is 364. The molecule has 0 amide bonds. The summed E-state index contributed by atoms with van der Waals surface area (Å²) in [7, 11) is -1.62. The molecule has 0 aliphatic heterocycles. The molecule has 1 rings (SSSR count).